The summed E-state index contributed by atoms with van der Waals surface area (Å²) in [6, 6.07) is -0.833. The molecule has 0 saturated carbocycles. The number of nitrogens with two attached hydrogens (primary N) is 2. The van der Waals surface area contributed by atoms with Crippen molar-refractivity contribution < 1.29 is 32.4 Å². The van der Waals surface area contributed by atoms with Gasteiger partial charge in [-0.05, 0) is 0 Å². The van der Waals surface area contributed by atoms with Crippen molar-refractivity contribution in [1.29, 1.82) is 0 Å². The van der Waals surface area contributed by atoms with Crippen LogP contribution in [0.3, 0.4) is 0 Å². The molecule has 0 aromatic carbocycles. The van der Waals surface area contributed by atoms with Gasteiger partial charge in [0.2, 0.25) is 0 Å². The summed E-state index contributed by atoms with van der Waals surface area (Å²) in [7, 11) is 0. The maximum Gasteiger partial charge on any atom is 0.309 e. The van der Waals surface area contributed by atoms with Crippen molar-refractivity contribution in [2.75, 3.05) is 0 Å². The molecule has 0 heterocycles. The zero-order valence-corrected chi connectivity index (χ0v) is 4.42. The van der Waals surface area contributed by atoms with E-state index in [2.05, 4.69) is 11.5 Å². The molecule has 0 unspecified atom stereocenters. The second-order valence-corrected chi connectivity index (χ2v) is 0.402. The van der Waals surface area contributed by atoms with Crippen molar-refractivity contribution >= 4 is 6.03 Å². The van der Waals surface area contributed by atoms with Crippen LogP contribution in [-0.2, 0) is 17.1 Å². The predicted molar refractivity (Wildman–Crippen MR) is 19.0 cm³/mol. The first kappa shape index (κ1) is 15.9. The van der Waals surface area contributed by atoms with Crippen LogP contribution in [0.1, 0.15) is 0 Å². The minimum Gasteiger partial charge on any atom is -0.352 e. The van der Waals surface area contributed by atoms with Gasteiger partial charge in [0.25, 0.3) is 0 Å². The standard InChI is InChI=1S/CH4N2O.Fe.H2O2/c2-1(3)4;;1-2/h(H4,2,3,4);;1-2H. The molecule has 6 heteroatoms. The number of carbonyl (C=O) groups excluding carboxylic acids is 1. The quantitative estimate of drug-likeness (QED) is 0.202. The van der Waals surface area contributed by atoms with Crippen molar-refractivity contribution in [2.45, 2.75) is 0 Å². The summed E-state index contributed by atoms with van der Waals surface area (Å²) in [6.45, 7) is 0. The molecular formula is CH6FeN2O3. The average Bonchev–Trinajstić information content (AvgIpc) is 1.41. The molecule has 0 saturated heterocycles. The van der Waals surface area contributed by atoms with Gasteiger partial charge in [0.15, 0.2) is 0 Å². The molecule has 0 rings (SSSR count). The van der Waals surface area contributed by atoms with Gasteiger partial charge in [-0.2, -0.15) is 0 Å². The van der Waals surface area contributed by atoms with E-state index in [1.807, 2.05) is 0 Å². The number of rotatable bonds is 0. The Balaban J connectivity index is -0.0000000480. The van der Waals surface area contributed by atoms with Gasteiger partial charge in [0.1, 0.15) is 0 Å². The van der Waals surface area contributed by atoms with Crippen LogP contribution < -0.4 is 11.5 Å². The van der Waals surface area contributed by atoms with Gasteiger partial charge in [0, 0.05) is 17.1 Å². The predicted octanol–water partition coefficient (Wildman–Crippen LogP) is -0.961. The van der Waals surface area contributed by atoms with Crippen LogP contribution >= 0.6 is 0 Å². The SMILES string of the molecule is NC(N)=O.OO.[Fe]. The second-order valence-electron chi connectivity index (χ2n) is 0.402. The molecule has 0 aliphatic rings. The number of amides is 2. The Morgan fingerprint density at radius 2 is 1.29 bits per heavy atom. The van der Waals surface area contributed by atoms with Crippen LogP contribution in [0.2, 0.25) is 0 Å². The van der Waals surface area contributed by atoms with E-state index >= 15 is 0 Å². The molecule has 46 valence electrons. The van der Waals surface area contributed by atoms with Crippen LogP contribution in [0, 0.1) is 0 Å². The zero-order chi connectivity index (χ0) is 5.58. The molecule has 0 spiro atoms. The van der Waals surface area contributed by atoms with Crippen molar-refractivity contribution in [1.82, 2.24) is 0 Å². The van der Waals surface area contributed by atoms with E-state index in [0.717, 1.165) is 0 Å². The van der Waals surface area contributed by atoms with Gasteiger partial charge >= 0.3 is 6.03 Å². The fourth-order valence-electron chi connectivity index (χ4n) is 0. The number of carbonyl (C=O) groups is 1. The molecule has 5 nitrogen and oxygen atoms in total. The molecule has 0 radical (unpaired) electrons. The van der Waals surface area contributed by atoms with Crippen LogP contribution in [0.4, 0.5) is 4.79 Å². The zero-order valence-electron chi connectivity index (χ0n) is 3.31. The molecule has 0 aromatic heterocycles. The van der Waals surface area contributed by atoms with E-state index in [-0.39, 0.29) is 17.1 Å². The fourth-order valence-corrected chi connectivity index (χ4v) is 0. The van der Waals surface area contributed by atoms with Crippen molar-refractivity contribution in [3.8, 4) is 0 Å². The maximum atomic E-state index is 9.00. The summed E-state index contributed by atoms with van der Waals surface area (Å²) in [4.78, 5) is 9.00. The molecule has 0 atom stereocenters. The molecule has 0 fully saturated rings. The van der Waals surface area contributed by atoms with E-state index < -0.39 is 6.03 Å². The van der Waals surface area contributed by atoms with Crippen molar-refractivity contribution in [2.24, 2.45) is 11.5 Å². The Morgan fingerprint density at radius 1 is 1.29 bits per heavy atom. The van der Waals surface area contributed by atoms with E-state index in [1.54, 1.807) is 0 Å². The Labute approximate surface area is 50.7 Å². The summed E-state index contributed by atoms with van der Waals surface area (Å²) >= 11 is 0. The van der Waals surface area contributed by atoms with Crippen LogP contribution in [0.15, 0.2) is 0 Å². The Hall–Kier alpha value is -0.291. The first-order chi connectivity index (χ1) is 2.73. The summed E-state index contributed by atoms with van der Waals surface area (Å²) in [6.07, 6.45) is 0. The minimum atomic E-state index is -0.833. The van der Waals surface area contributed by atoms with Gasteiger partial charge in [0.05, 0.1) is 0 Å². The van der Waals surface area contributed by atoms with Gasteiger partial charge in [-0.25, -0.2) is 4.79 Å². The third kappa shape index (κ3) is 931. The van der Waals surface area contributed by atoms with Crippen molar-refractivity contribution in [3.05, 3.63) is 0 Å². The van der Waals surface area contributed by atoms with Crippen LogP contribution in [-0.4, -0.2) is 16.5 Å². The number of urea groups is 1. The van der Waals surface area contributed by atoms with E-state index in [9.17, 15) is 0 Å². The number of primary amides is 2. The smallest absolute Gasteiger partial charge is 0.309 e. The topological polar surface area (TPSA) is 110 Å². The molecule has 0 aromatic rings. The number of hydrogen-bond acceptors (Lipinski definition) is 3. The molecule has 0 aliphatic carbocycles. The second kappa shape index (κ2) is 17.2. The first-order valence-corrected chi connectivity index (χ1v) is 0.981. The Kier molecular flexibility index (Phi) is 39.2. The summed E-state index contributed by atoms with van der Waals surface area (Å²) in [5.74, 6) is 0. The van der Waals surface area contributed by atoms with E-state index in [0.29, 0.717) is 0 Å². The van der Waals surface area contributed by atoms with Gasteiger partial charge in [-0.3, -0.25) is 10.5 Å². The minimum absolute atomic E-state index is 0. The van der Waals surface area contributed by atoms with Crippen LogP contribution in [0.25, 0.3) is 0 Å². The monoisotopic (exact) mass is 150 g/mol. The summed E-state index contributed by atoms with van der Waals surface area (Å²) < 4.78 is 0. The van der Waals surface area contributed by atoms with Gasteiger partial charge in [-0.15, -0.1) is 0 Å². The molecule has 0 bridgehead atoms. The normalized spacial score (nSPS) is 4.29. The first-order valence-electron chi connectivity index (χ1n) is 0.981. The largest absolute Gasteiger partial charge is 0.352 e. The summed E-state index contributed by atoms with van der Waals surface area (Å²) in [5, 5.41) is 12.0. The average molecular weight is 150 g/mol. The molecule has 6 N–H and O–H groups in total. The molecule has 7 heavy (non-hydrogen) atoms. The number of hydrogen-bond donors (Lipinski definition) is 4. The molecule has 2 amide bonds. The Morgan fingerprint density at radius 3 is 1.29 bits per heavy atom. The summed E-state index contributed by atoms with van der Waals surface area (Å²) in [5.41, 5.74) is 8.50. The fraction of sp³-hybridized carbons (Fsp3) is 0. The Bertz CT molecular complexity index is 35.9. The van der Waals surface area contributed by atoms with E-state index in [4.69, 9.17) is 15.3 Å². The van der Waals surface area contributed by atoms with Crippen LogP contribution in [0.5, 0.6) is 0 Å². The van der Waals surface area contributed by atoms with E-state index in [1.165, 1.54) is 0 Å². The van der Waals surface area contributed by atoms with Crippen molar-refractivity contribution in [3.63, 3.8) is 0 Å². The van der Waals surface area contributed by atoms with Gasteiger partial charge < -0.3 is 11.5 Å². The maximum absolute atomic E-state index is 9.00. The van der Waals surface area contributed by atoms with Gasteiger partial charge in [-0.1, -0.05) is 0 Å². The third-order valence-electron chi connectivity index (χ3n) is 0. The molecule has 0 aliphatic heterocycles. The third-order valence-corrected chi connectivity index (χ3v) is 0. The molecular weight excluding hydrogens is 144 g/mol.